The van der Waals surface area contributed by atoms with Crippen molar-refractivity contribution in [3.8, 4) is 0 Å². The lowest BCUT2D eigenvalue weighted by Gasteiger charge is -2.19. The normalized spacial score (nSPS) is 15.0. The molecule has 0 unspecified atom stereocenters. The predicted octanol–water partition coefficient (Wildman–Crippen LogP) is 4.10. The van der Waals surface area contributed by atoms with Crippen molar-refractivity contribution in [1.82, 2.24) is 24.5 Å². The van der Waals surface area contributed by atoms with E-state index in [4.69, 9.17) is 4.74 Å². The number of hydrogen-bond acceptors (Lipinski definition) is 7. The number of rotatable bonds is 5. The second-order valence-electron chi connectivity index (χ2n) is 9.02. The number of carbonyl (C=O) groups is 1. The first kappa shape index (κ1) is 27.2. The third-order valence-corrected chi connectivity index (χ3v) is 6.47. The van der Waals surface area contributed by atoms with Crippen LogP contribution < -0.4 is 21.5 Å². The molecular weight excluding hydrogens is 458 g/mol. The average Bonchev–Trinajstić information content (AvgIpc) is 3.30. The number of carbonyl (C=O) groups excluding carboxylic acids is 1. The Balaban J connectivity index is 0.000000245. The Morgan fingerprint density at radius 2 is 1.75 bits per heavy atom. The summed E-state index contributed by atoms with van der Waals surface area (Å²) in [4.78, 5) is 28.5. The van der Waals surface area contributed by atoms with Gasteiger partial charge in [-0.2, -0.15) is 9.61 Å². The highest BCUT2D eigenvalue weighted by Gasteiger charge is 2.16. The standard InChI is InChI=1S/C15H17N7O2.C7H14O.C4H8/c1-16-12-7-11(19-10-5-4-6-21(3)15(10)24)20-13-9(14(23)17-2)8-18-22(12)13;1-8-7-5-3-2-4-6-7;1-2-4-3-1/h4-8,16H,1-3H3,(H,17,23)(H,19,20);7H,2-6H2,1H3;1-4H2. The van der Waals surface area contributed by atoms with E-state index in [2.05, 4.69) is 26.0 Å². The van der Waals surface area contributed by atoms with Gasteiger partial charge in [0.25, 0.3) is 11.5 Å². The van der Waals surface area contributed by atoms with Gasteiger partial charge in [0.15, 0.2) is 5.65 Å². The maximum absolute atomic E-state index is 12.1. The van der Waals surface area contributed by atoms with Gasteiger partial charge in [0.1, 0.15) is 22.9 Å². The van der Waals surface area contributed by atoms with Crippen molar-refractivity contribution >= 4 is 28.9 Å². The van der Waals surface area contributed by atoms with E-state index in [1.165, 1.54) is 73.1 Å². The molecule has 0 spiro atoms. The molecule has 2 saturated carbocycles. The molecular formula is C26H39N7O3. The largest absolute Gasteiger partial charge is 0.381 e. The number of ether oxygens (including phenoxy) is 1. The van der Waals surface area contributed by atoms with Gasteiger partial charge in [-0.05, 0) is 25.0 Å². The molecule has 5 rings (SSSR count). The van der Waals surface area contributed by atoms with Crippen molar-refractivity contribution in [2.75, 3.05) is 31.8 Å². The Morgan fingerprint density at radius 3 is 2.31 bits per heavy atom. The number of methoxy groups -OCH3 is 1. The molecule has 0 aromatic carbocycles. The minimum atomic E-state index is -0.285. The summed E-state index contributed by atoms with van der Waals surface area (Å²) in [6, 6.07) is 5.14. The molecule has 2 aliphatic rings. The fraction of sp³-hybridized carbons (Fsp3) is 0.538. The molecule has 196 valence electrons. The molecule has 3 heterocycles. The number of anilines is 3. The lowest BCUT2D eigenvalue weighted by Crippen LogP contribution is -2.19. The lowest BCUT2D eigenvalue weighted by atomic mass is 9.98. The first-order valence-corrected chi connectivity index (χ1v) is 12.7. The number of pyridine rings is 1. The molecule has 3 N–H and O–H groups in total. The minimum Gasteiger partial charge on any atom is -0.381 e. The number of hydrogen-bond donors (Lipinski definition) is 3. The highest BCUT2D eigenvalue weighted by molar-refractivity contribution is 5.99. The fourth-order valence-corrected chi connectivity index (χ4v) is 3.88. The molecule has 0 aliphatic heterocycles. The highest BCUT2D eigenvalue weighted by Crippen LogP contribution is 2.21. The van der Waals surface area contributed by atoms with E-state index >= 15 is 0 Å². The first-order valence-electron chi connectivity index (χ1n) is 12.7. The van der Waals surface area contributed by atoms with Gasteiger partial charge in [-0.25, -0.2) is 4.98 Å². The topological polar surface area (TPSA) is 115 Å². The maximum Gasteiger partial charge on any atom is 0.274 e. The van der Waals surface area contributed by atoms with Crippen LogP contribution in [0.15, 0.2) is 35.4 Å². The molecule has 2 aliphatic carbocycles. The van der Waals surface area contributed by atoms with Crippen LogP contribution in [0.2, 0.25) is 0 Å². The maximum atomic E-state index is 12.1. The minimum absolute atomic E-state index is 0.176. The molecule has 0 bridgehead atoms. The van der Waals surface area contributed by atoms with Gasteiger partial charge in [-0.3, -0.25) is 9.59 Å². The lowest BCUT2D eigenvalue weighted by molar-refractivity contribution is 0.0710. The zero-order valence-corrected chi connectivity index (χ0v) is 21.8. The number of amides is 1. The van der Waals surface area contributed by atoms with Gasteiger partial charge in [-0.15, -0.1) is 0 Å². The van der Waals surface area contributed by atoms with E-state index in [-0.39, 0.29) is 11.5 Å². The molecule has 1 amide bonds. The quantitative estimate of drug-likeness (QED) is 0.486. The second kappa shape index (κ2) is 13.6. The van der Waals surface area contributed by atoms with E-state index < -0.39 is 0 Å². The van der Waals surface area contributed by atoms with E-state index in [0.717, 1.165) is 0 Å². The van der Waals surface area contributed by atoms with Crippen LogP contribution in [0.25, 0.3) is 5.65 Å². The molecule has 10 nitrogen and oxygen atoms in total. The second-order valence-corrected chi connectivity index (χ2v) is 9.02. The van der Waals surface area contributed by atoms with Crippen molar-refractivity contribution in [1.29, 1.82) is 0 Å². The van der Waals surface area contributed by atoms with Crippen LogP contribution in [0.1, 0.15) is 68.1 Å². The molecule has 3 aromatic heterocycles. The first-order chi connectivity index (χ1) is 17.5. The summed E-state index contributed by atoms with van der Waals surface area (Å²) >= 11 is 0. The average molecular weight is 498 g/mol. The van der Waals surface area contributed by atoms with Crippen LogP contribution in [0.3, 0.4) is 0 Å². The van der Waals surface area contributed by atoms with Gasteiger partial charge in [-0.1, -0.05) is 44.9 Å². The van der Waals surface area contributed by atoms with Gasteiger partial charge < -0.3 is 25.3 Å². The molecule has 10 heteroatoms. The number of nitrogens with zero attached hydrogens (tertiary/aromatic N) is 4. The van der Waals surface area contributed by atoms with Crippen molar-refractivity contribution in [2.24, 2.45) is 7.05 Å². The Hall–Kier alpha value is -3.40. The molecule has 36 heavy (non-hydrogen) atoms. The zero-order chi connectivity index (χ0) is 25.9. The summed E-state index contributed by atoms with van der Waals surface area (Å²) in [5.41, 5.74) is 0.945. The van der Waals surface area contributed by atoms with Crippen LogP contribution in [0, 0.1) is 0 Å². The summed E-state index contributed by atoms with van der Waals surface area (Å²) in [5.74, 6) is 0.776. The van der Waals surface area contributed by atoms with Crippen LogP contribution >= 0.6 is 0 Å². The monoisotopic (exact) mass is 497 g/mol. The van der Waals surface area contributed by atoms with Crippen LogP contribution in [-0.4, -0.2) is 52.4 Å². The van der Waals surface area contributed by atoms with Crippen LogP contribution in [0.4, 0.5) is 17.3 Å². The van der Waals surface area contributed by atoms with Crippen molar-refractivity contribution < 1.29 is 9.53 Å². The zero-order valence-electron chi connectivity index (χ0n) is 21.8. The van der Waals surface area contributed by atoms with Gasteiger partial charge in [0.2, 0.25) is 0 Å². The van der Waals surface area contributed by atoms with E-state index in [1.54, 1.807) is 45.5 Å². The molecule has 0 radical (unpaired) electrons. The van der Waals surface area contributed by atoms with Gasteiger partial charge in [0, 0.05) is 40.5 Å². The number of aromatic nitrogens is 4. The van der Waals surface area contributed by atoms with Crippen molar-refractivity contribution in [2.45, 2.75) is 63.9 Å². The Morgan fingerprint density at radius 1 is 1.08 bits per heavy atom. The van der Waals surface area contributed by atoms with Crippen LogP contribution in [-0.2, 0) is 11.8 Å². The smallest absolute Gasteiger partial charge is 0.274 e. The highest BCUT2D eigenvalue weighted by atomic mass is 16.5. The van der Waals surface area contributed by atoms with Gasteiger partial charge in [0.05, 0.1) is 12.3 Å². The SMILES string of the molecule is C1CCC1.CNC(=O)c1cnn2c(NC)cc(Nc3cccn(C)c3=O)nc12.COC1CCCCC1. The Kier molecular flexibility index (Phi) is 10.3. The third kappa shape index (κ3) is 7.07. The third-order valence-electron chi connectivity index (χ3n) is 6.47. The molecule has 0 atom stereocenters. The summed E-state index contributed by atoms with van der Waals surface area (Å²) in [7, 11) is 6.77. The van der Waals surface area contributed by atoms with E-state index in [0.29, 0.717) is 34.6 Å². The molecule has 2 fully saturated rings. The summed E-state index contributed by atoms with van der Waals surface area (Å²) in [6.45, 7) is 0. The summed E-state index contributed by atoms with van der Waals surface area (Å²) < 4.78 is 8.18. The van der Waals surface area contributed by atoms with E-state index in [1.807, 2.05) is 7.11 Å². The molecule has 0 saturated heterocycles. The fourth-order valence-electron chi connectivity index (χ4n) is 3.88. The predicted molar refractivity (Wildman–Crippen MR) is 143 cm³/mol. The number of fused-ring (bicyclic) bond motifs is 1. The summed E-state index contributed by atoms with van der Waals surface area (Å²) in [6.07, 6.45) is 16.4. The van der Waals surface area contributed by atoms with Crippen molar-refractivity contribution in [3.63, 3.8) is 0 Å². The summed E-state index contributed by atoms with van der Waals surface area (Å²) in [5, 5.41) is 12.7. The number of aryl methyl sites for hydroxylation is 1. The number of nitrogens with one attached hydrogen (secondary N) is 3. The Bertz CT molecular complexity index is 1170. The van der Waals surface area contributed by atoms with Crippen molar-refractivity contribution in [3.05, 3.63) is 46.5 Å². The van der Waals surface area contributed by atoms with E-state index in [9.17, 15) is 9.59 Å². The Labute approximate surface area is 212 Å². The molecule has 3 aromatic rings. The van der Waals surface area contributed by atoms with Crippen LogP contribution in [0.5, 0.6) is 0 Å². The van der Waals surface area contributed by atoms with Gasteiger partial charge >= 0.3 is 0 Å².